The van der Waals surface area contributed by atoms with E-state index < -0.39 is 0 Å². The van der Waals surface area contributed by atoms with Gasteiger partial charge in [-0.3, -0.25) is 0 Å². The molecule has 0 spiro atoms. The first-order valence-corrected chi connectivity index (χ1v) is 3.72. The Bertz CT molecular complexity index is 125. The monoisotopic (exact) mass is 137 g/mol. The van der Waals surface area contributed by atoms with Crippen molar-refractivity contribution in [2.45, 2.75) is 33.6 Å². The van der Waals surface area contributed by atoms with E-state index >= 15 is 0 Å². The molecule has 57 valence electrons. The van der Waals surface area contributed by atoms with Gasteiger partial charge in [-0.15, -0.1) is 6.58 Å². The van der Waals surface area contributed by atoms with Crippen LogP contribution in [-0.4, -0.2) is 0 Å². The lowest BCUT2D eigenvalue weighted by Crippen LogP contribution is -1.76. The molecule has 0 N–H and O–H groups in total. The molecule has 0 unspecified atom stereocenters. The molecule has 0 fully saturated rings. The Morgan fingerprint density at radius 1 is 1.30 bits per heavy atom. The second-order valence-corrected chi connectivity index (χ2v) is 2.97. The largest absolute Gasteiger partial charge is 0.100 e. The molecule has 0 bridgehead atoms. The van der Waals surface area contributed by atoms with E-state index in [1.54, 1.807) is 0 Å². The van der Waals surface area contributed by atoms with Crippen molar-refractivity contribution in [2.75, 3.05) is 0 Å². The van der Waals surface area contributed by atoms with Crippen molar-refractivity contribution in [3.05, 3.63) is 30.2 Å². The normalized spacial score (nSPS) is 9.10. The maximum Gasteiger partial charge on any atom is -0.0291 e. The Labute approximate surface area is 64.6 Å². The van der Waals surface area contributed by atoms with Crippen molar-refractivity contribution in [3.8, 4) is 0 Å². The fourth-order valence-electron chi connectivity index (χ4n) is 0.649. The van der Waals surface area contributed by atoms with E-state index in [0.29, 0.717) is 0 Å². The third kappa shape index (κ3) is 7.48. The Kier molecular flexibility index (Phi) is 5.00. The molecule has 0 saturated carbocycles. The van der Waals surface area contributed by atoms with E-state index in [9.17, 15) is 0 Å². The number of hydrogen-bond acceptors (Lipinski definition) is 0. The van der Waals surface area contributed by atoms with Gasteiger partial charge in [-0.25, -0.2) is 0 Å². The van der Waals surface area contributed by atoms with Crippen molar-refractivity contribution >= 4 is 0 Å². The molecule has 10 heavy (non-hydrogen) atoms. The number of rotatable bonds is 4. The van der Waals surface area contributed by atoms with Gasteiger partial charge in [0.15, 0.2) is 0 Å². The highest BCUT2D eigenvalue weighted by Gasteiger charge is 1.85. The van der Waals surface area contributed by atoms with Crippen LogP contribution in [0.4, 0.5) is 0 Å². The Morgan fingerprint density at radius 2 is 1.90 bits per heavy atom. The smallest absolute Gasteiger partial charge is 0.0291 e. The lowest BCUT2D eigenvalue weighted by atomic mass is 10.1. The summed E-state index contributed by atoms with van der Waals surface area (Å²) < 4.78 is 0. The van der Waals surface area contributed by atoms with Gasteiger partial charge in [0.25, 0.3) is 0 Å². The Morgan fingerprint density at radius 3 is 2.30 bits per heavy atom. The van der Waals surface area contributed by atoms with Crippen LogP contribution in [0, 0.1) is 6.42 Å². The zero-order chi connectivity index (χ0) is 7.98. The summed E-state index contributed by atoms with van der Waals surface area (Å²) in [5.41, 5.74) is 2.63. The SMILES string of the molecule is C=C(C)C[CH]CC=C(C)C. The molecular formula is C10H17. The van der Waals surface area contributed by atoms with Crippen molar-refractivity contribution in [2.24, 2.45) is 0 Å². The van der Waals surface area contributed by atoms with E-state index in [-0.39, 0.29) is 0 Å². The van der Waals surface area contributed by atoms with Gasteiger partial charge in [0.1, 0.15) is 0 Å². The van der Waals surface area contributed by atoms with Crippen molar-refractivity contribution < 1.29 is 0 Å². The second-order valence-electron chi connectivity index (χ2n) is 2.97. The van der Waals surface area contributed by atoms with Crippen molar-refractivity contribution in [3.63, 3.8) is 0 Å². The Hall–Kier alpha value is -0.520. The molecule has 0 aromatic heterocycles. The zero-order valence-electron chi connectivity index (χ0n) is 7.28. The Balaban J connectivity index is 3.21. The highest BCUT2D eigenvalue weighted by Crippen LogP contribution is 2.04. The molecule has 0 nitrogen and oxygen atoms in total. The first-order valence-electron chi connectivity index (χ1n) is 3.72. The average molecular weight is 137 g/mol. The van der Waals surface area contributed by atoms with Crippen LogP contribution in [0.2, 0.25) is 0 Å². The molecule has 0 aliphatic rings. The summed E-state index contributed by atoms with van der Waals surface area (Å²) in [6, 6.07) is 0. The molecule has 0 heteroatoms. The minimum atomic E-state index is 1.05. The van der Waals surface area contributed by atoms with E-state index in [2.05, 4.69) is 39.8 Å². The third-order valence-electron chi connectivity index (χ3n) is 1.19. The third-order valence-corrected chi connectivity index (χ3v) is 1.19. The first-order chi connectivity index (χ1) is 4.63. The molecule has 0 atom stereocenters. The van der Waals surface area contributed by atoms with Gasteiger partial charge in [-0.2, -0.15) is 0 Å². The zero-order valence-corrected chi connectivity index (χ0v) is 7.28. The van der Waals surface area contributed by atoms with Crippen LogP contribution in [0.3, 0.4) is 0 Å². The van der Waals surface area contributed by atoms with Crippen LogP contribution in [-0.2, 0) is 0 Å². The molecular weight excluding hydrogens is 120 g/mol. The molecule has 0 amide bonds. The summed E-state index contributed by atoms with van der Waals surface area (Å²) >= 11 is 0. The number of unbranched alkanes of at least 4 members (excludes halogenated alkanes) is 1. The highest BCUT2D eigenvalue weighted by atomic mass is 13.9. The van der Waals surface area contributed by atoms with Gasteiger partial charge in [0, 0.05) is 0 Å². The lowest BCUT2D eigenvalue weighted by molar-refractivity contribution is 1.03. The van der Waals surface area contributed by atoms with E-state index in [4.69, 9.17) is 0 Å². The molecule has 0 aliphatic carbocycles. The van der Waals surface area contributed by atoms with E-state index in [1.165, 1.54) is 11.1 Å². The fraction of sp³-hybridized carbons (Fsp3) is 0.500. The summed E-state index contributed by atoms with van der Waals surface area (Å²) in [5.74, 6) is 0. The quantitative estimate of drug-likeness (QED) is 0.411. The van der Waals surface area contributed by atoms with Gasteiger partial charge in [-0.05, 0) is 40.0 Å². The summed E-state index contributed by atoms with van der Waals surface area (Å²) in [5, 5.41) is 0. The average Bonchev–Trinajstić information content (AvgIpc) is 1.79. The standard InChI is InChI=1S/C10H17/c1-9(2)7-5-6-8-10(3)4/h5,8H,1,6-7H2,2-4H3. The van der Waals surface area contributed by atoms with Crippen LogP contribution < -0.4 is 0 Å². The summed E-state index contributed by atoms with van der Waals surface area (Å²) in [7, 11) is 0. The molecule has 0 aromatic rings. The topological polar surface area (TPSA) is 0 Å². The van der Waals surface area contributed by atoms with E-state index in [0.717, 1.165) is 12.8 Å². The molecule has 0 aliphatic heterocycles. The predicted molar refractivity (Wildman–Crippen MR) is 47.8 cm³/mol. The minimum absolute atomic E-state index is 1.05. The molecule has 0 heterocycles. The highest BCUT2D eigenvalue weighted by molar-refractivity contribution is 5.00. The van der Waals surface area contributed by atoms with Gasteiger partial charge >= 0.3 is 0 Å². The van der Waals surface area contributed by atoms with Gasteiger partial charge in [-0.1, -0.05) is 17.2 Å². The molecule has 0 aromatic carbocycles. The van der Waals surface area contributed by atoms with Crippen LogP contribution in [0.25, 0.3) is 0 Å². The van der Waals surface area contributed by atoms with Crippen LogP contribution in [0.15, 0.2) is 23.8 Å². The van der Waals surface area contributed by atoms with Crippen LogP contribution in [0.5, 0.6) is 0 Å². The van der Waals surface area contributed by atoms with Gasteiger partial charge in [0.2, 0.25) is 0 Å². The van der Waals surface area contributed by atoms with E-state index in [1.807, 2.05) is 0 Å². The van der Waals surface area contributed by atoms with Crippen LogP contribution in [0.1, 0.15) is 33.6 Å². The number of hydrogen-bond donors (Lipinski definition) is 0. The van der Waals surface area contributed by atoms with Crippen LogP contribution >= 0.6 is 0 Å². The summed E-state index contributed by atoms with van der Waals surface area (Å²) in [6.45, 7) is 10.1. The molecule has 1 radical (unpaired) electrons. The number of allylic oxidation sites excluding steroid dienone is 3. The van der Waals surface area contributed by atoms with Crippen molar-refractivity contribution in [1.82, 2.24) is 0 Å². The predicted octanol–water partition coefficient (Wildman–Crippen LogP) is 3.51. The van der Waals surface area contributed by atoms with Gasteiger partial charge < -0.3 is 0 Å². The first kappa shape index (κ1) is 9.48. The lowest BCUT2D eigenvalue weighted by Gasteiger charge is -1.95. The summed E-state index contributed by atoms with van der Waals surface area (Å²) in [4.78, 5) is 0. The van der Waals surface area contributed by atoms with Crippen molar-refractivity contribution in [1.29, 1.82) is 0 Å². The maximum atomic E-state index is 3.82. The fourth-order valence-corrected chi connectivity index (χ4v) is 0.649. The second kappa shape index (κ2) is 5.28. The summed E-state index contributed by atoms with van der Waals surface area (Å²) in [6.07, 6.45) is 6.59. The maximum absolute atomic E-state index is 3.82. The molecule has 0 rings (SSSR count). The molecule has 0 saturated heterocycles. The minimum Gasteiger partial charge on any atom is -0.100 e. The van der Waals surface area contributed by atoms with Gasteiger partial charge in [0.05, 0.1) is 0 Å².